The van der Waals surface area contributed by atoms with Crippen LogP contribution in [0.1, 0.15) is 39.0 Å². The van der Waals surface area contributed by atoms with Crippen LogP contribution in [0.25, 0.3) is 0 Å². The SMILES string of the molecule is CC(CN(C)C)N1C(=O)NC(=O)C2(CCCCC2)C1=O. The van der Waals surface area contributed by atoms with Gasteiger partial charge in [0.1, 0.15) is 5.41 Å². The molecule has 6 heteroatoms. The fraction of sp³-hybridized carbons (Fsp3) is 0.786. The number of barbiturate groups is 1. The minimum atomic E-state index is -1.01. The number of hydrogen-bond donors (Lipinski definition) is 1. The zero-order chi connectivity index (χ0) is 14.9. The molecular formula is C14H23N3O3. The fourth-order valence-electron chi connectivity index (χ4n) is 3.30. The van der Waals surface area contributed by atoms with E-state index >= 15 is 0 Å². The molecule has 1 spiro atoms. The topological polar surface area (TPSA) is 69.7 Å². The number of nitrogens with one attached hydrogen (secondary N) is 1. The first-order valence-electron chi connectivity index (χ1n) is 7.22. The van der Waals surface area contributed by atoms with Gasteiger partial charge < -0.3 is 4.90 Å². The fourth-order valence-corrected chi connectivity index (χ4v) is 3.30. The van der Waals surface area contributed by atoms with Crippen LogP contribution in [0.15, 0.2) is 0 Å². The third kappa shape index (κ3) is 2.44. The lowest BCUT2D eigenvalue weighted by atomic mass is 9.71. The first-order valence-corrected chi connectivity index (χ1v) is 7.22. The zero-order valence-corrected chi connectivity index (χ0v) is 12.4. The molecule has 112 valence electrons. The van der Waals surface area contributed by atoms with Crippen molar-refractivity contribution in [2.24, 2.45) is 5.41 Å². The van der Waals surface area contributed by atoms with Crippen molar-refractivity contribution in [2.45, 2.75) is 45.1 Å². The summed E-state index contributed by atoms with van der Waals surface area (Å²) in [6, 6.07) is -0.824. The van der Waals surface area contributed by atoms with Crippen LogP contribution in [0.2, 0.25) is 0 Å². The number of amides is 4. The number of urea groups is 1. The molecule has 0 aromatic heterocycles. The summed E-state index contributed by atoms with van der Waals surface area (Å²) in [5.41, 5.74) is -1.01. The van der Waals surface area contributed by atoms with E-state index in [9.17, 15) is 14.4 Å². The van der Waals surface area contributed by atoms with E-state index in [-0.39, 0.29) is 11.9 Å². The number of nitrogens with zero attached hydrogens (tertiary/aromatic N) is 2. The molecule has 4 amide bonds. The zero-order valence-electron chi connectivity index (χ0n) is 12.4. The van der Waals surface area contributed by atoms with Gasteiger partial charge in [-0.25, -0.2) is 4.79 Å². The van der Waals surface area contributed by atoms with E-state index in [4.69, 9.17) is 0 Å². The minimum absolute atomic E-state index is 0.246. The summed E-state index contributed by atoms with van der Waals surface area (Å²) in [6.45, 7) is 2.42. The maximum atomic E-state index is 12.8. The Morgan fingerprint density at radius 1 is 1.20 bits per heavy atom. The van der Waals surface area contributed by atoms with Crippen molar-refractivity contribution < 1.29 is 14.4 Å². The Balaban J connectivity index is 2.26. The van der Waals surface area contributed by atoms with Crippen molar-refractivity contribution in [3.63, 3.8) is 0 Å². The van der Waals surface area contributed by atoms with Crippen LogP contribution in [0, 0.1) is 5.41 Å². The number of likely N-dealkylation sites (N-methyl/N-ethyl adjacent to an activating group) is 1. The number of carbonyl (C=O) groups excluding carboxylic acids is 3. The van der Waals surface area contributed by atoms with Gasteiger partial charge in [-0.2, -0.15) is 0 Å². The van der Waals surface area contributed by atoms with Crippen LogP contribution in [-0.2, 0) is 9.59 Å². The van der Waals surface area contributed by atoms with E-state index in [1.807, 2.05) is 25.9 Å². The molecule has 0 radical (unpaired) electrons. The second-order valence-corrected chi connectivity index (χ2v) is 6.19. The lowest BCUT2D eigenvalue weighted by Crippen LogP contribution is -2.67. The Hall–Kier alpha value is -1.43. The molecule has 6 nitrogen and oxygen atoms in total. The number of carbonyl (C=O) groups is 3. The summed E-state index contributed by atoms with van der Waals surface area (Å²) >= 11 is 0. The summed E-state index contributed by atoms with van der Waals surface area (Å²) in [7, 11) is 3.79. The molecule has 1 atom stereocenters. The Morgan fingerprint density at radius 3 is 2.35 bits per heavy atom. The molecule has 2 rings (SSSR count). The predicted molar refractivity (Wildman–Crippen MR) is 73.9 cm³/mol. The molecule has 0 aromatic rings. The van der Waals surface area contributed by atoms with Gasteiger partial charge in [-0.15, -0.1) is 0 Å². The maximum Gasteiger partial charge on any atom is 0.331 e. The smallest absolute Gasteiger partial charge is 0.307 e. The molecule has 1 aliphatic heterocycles. The molecule has 1 aliphatic carbocycles. The van der Waals surface area contributed by atoms with Crippen molar-refractivity contribution in [2.75, 3.05) is 20.6 Å². The molecular weight excluding hydrogens is 258 g/mol. The Kier molecular flexibility index (Phi) is 4.13. The highest BCUT2D eigenvalue weighted by molar-refractivity contribution is 6.19. The Labute approximate surface area is 119 Å². The van der Waals surface area contributed by atoms with Gasteiger partial charge in [0.15, 0.2) is 0 Å². The van der Waals surface area contributed by atoms with Gasteiger partial charge in [0.25, 0.3) is 0 Å². The van der Waals surface area contributed by atoms with Gasteiger partial charge in [0, 0.05) is 6.54 Å². The van der Waals surface area contributed by atoms with Crippen LogP contribution < -0.4 is 5.32 Å². The van der Waals surface area contributed by atoms with E-state index in [0.29, 0.717) is 19.4 Å². The lowest BCUT2D eigenvalue weighted by Gasteiger charge is -2.43. The predicted octanol–water partition coefficient (Wildman–Crippen LogP) is 0.965. The second-order valence-electron chi connectivity index (χ2n) is 6.19. The molecule has 1 saturated heterocycles. The van der Waals surface area contributed by atoms with Crippen LogP contribution in [-0.4, -0.2) is 54.3 Å². The molecule has 1 heterocycles. The normalized spacial score (nSPS) is 24.2. The summed E-state index contributed by atoms with van der Waals surface area (Å²) in [5, 5.41) is 2.38. The van der Waals surface area contributed by atoms with E-state index in [2.05, 4.69) is 5.32 Å². The number of imide groups is 2. The third-order valence-corrected chi connectivity index (χ3v) is 4.28. The average Bonchev–Trinajstić information content (AvgIpc) is 2.37. The van der Waals surface area contributed by atoms with E-state index in [1.165, 1.54) is 4.90 Å². The van der Waals surface area contributed by atoms with Crippen LogP contribution in [0.4, 0.5) is 4.79 Å². The summed E-state index contributed by atoms with van der Waals surface area (Å²) in [5.74, 6) is -0.708. The van der Waals surface area contributed by atoms with Gasteiger partial charge in [0.2, 0.25) is 11.8 Å². The summed E-state index contributed by atoms with van der Waals surface area (Å²) in [4.78, 5) is 40.2. The van der Waals surface area contributed by atoms with E-state index < -0.39 is 17.4 Å². The number of rotatable bonds is 3. The highest BCUT2D eigenvalue weighted by atomic mass is 16.2. The van der Waals surface area contributed by atoms with Gasteiger partial charge >= 0.3 is 6.03 Å². The Morgan fingerprint density at radius 2 is 1.80 bits per heavy atom. The summed E-state index contributed by atoms with van der Waals surface area (Å²) in [6.07, 6.45) is 3.88. The number of hydrogen-bond acceptors (Lipinski definition) is 4. The van der Waals surface area contributed by atoms with Crippen molar-refractivity contribution in [3.8, 4) is 0 Å². The third-order valence-electron chi connectivity index (χ3n) is 4.28. The van der Waals surface area contributed by atoms with Gasteiger partial charge in [-0.05, 0) is 33.9 Å². The van der Waals surface area contributed by atoms with Gasteiger partial charge in [-0.1, -0.05) is 19.3 Å². The Bertz CT molecular complexity index is 427. The van der Waals surface area contributed by atoms with Gasteiger partial charge in [-0.3, -0.25) is 19.8 Å². The first-order chi connectivity index (χ1) is 9.38. The summed E-state index contributed by atoms with van der Waals surface area (Å²) < 4.78 is 0. The van der Waals surface area contributed by atoms with Crippen LogP contribution in [0.3, 0.4) is 0 Å². The van der Waals surface area contributed by atoms with Crippen LogP contribution >= 0.6 is 0 Å². The van der Waals surface area contributed by atoms with Crippen molar-refractivity contribution >= 4 is 17.8 Å². The molecule has 0 bridgehead atoms. The highest BCUT2D eigenvalue weighted by Crippen LogP contribution is 2.40. The van der Waals surface area contributed by atoms with Crippen LogP contribution in [0.5, 0.6) is 0 Å². The van der Waals surface area contributed by atoms with E-state index in [0.717, 1.165) is 19.3 Å². The molecule has 2 fully saturated rings. The largest absolute Gasteiger partial charge is 0.331 e. The average molecular weight is 281 g/mol. The first kappa shape index (κ1) is 15.0. The standard InChI is InChI=1S/C14H23N3O3/c1-10(9-16(2)3)17-12(19)14(7-5-4-6-8-14)11(18)15-13(17)20/h10H,4-9H2,1-3H3,(H,15,18,20). The second kappa shape index (κ2) is 5.52. The van der Waals surface area contributed by atoms with Crippen molar-refractivity contribution in [3.05, 3.63) is 0 Å². The highest BCUT2D eigenvalue weighted by Gasteiger charge is 2.54. The monoisotopic (exact) mass is 281 g/mol. The minimum Gasteiger partial charge on any atom is -0.307 e. The molecule has 1 saturated carbocycles. The van der Waals surface area contributed by atoms with E-state index in [1.54, 1.807) is 0 Å². The van der Waals surface area contributed by atoms with Gasteiger partial charge in [0.05, 0.1) is 6.04 Å². The van der Waals surface area contributed by atoms with Crippen molar-refractivity contribution in [1.82, 2.24) is 15.1 Å². The molecule has 1 unspecified atom stereocenters. The molecule has 2 aliphatic rings. The lowest BCUT2D eigenvalue weighted by molar-refractivity contribution is -0.155. The molecule has 1 N–H and O–H groups in total. The maximum absolute atomic E-state index is 12.8. The quantitative estimate of drug-likeness (QED) is 0.782. The molecule has 20 heavy (non-hydrogen) atoms. The van der Waals surface area contributed by atoms with Crippen molar-refractivity contribution in [1.29, 1.82) is 0 Å². The molecule has 0 aromatic carbocycles.